The van der Waals surface area contributed by atoms with E-state index in [1.807, 2.05) is 0 Å². The van der Waals surface area contributed by atoms with Crippen LogP contribution in [0.2, 0.25) is 0 Å². The number of benzene rings is 1. The van der Waals surface area contributed by atoms with Gasteiger partial charge in [-0.3, -0.25) is 0 Å². The van der Waals surface area contributed by atoms with Crippen LogP contribution in [-0.4, -0.2) is 49.2 Å². The molecule has 1 spiro atoms. The molecule has 25 heavy (non-hydrogen) atoms. The number of sulfonamides is 1. The Bertz CT molecular complexity index is 819. The first-order chi connectivity index (χ1) is 12.1. The minimum atomic E-state index is -3.52. The molecule has 0 unspecified atom stereocenters. The van der Waals surface area contributed by atoms with E-state index in [4.69, 9.17) is 9.15 Å². The van der Waals surface area contributed by atoms with Crippen molar-refractivity contribution in [2.45, 2.75) is 30.6 Å². The Morgan fingerprint density at radius 3 is 2.52 bits per heavy atom. The van der Waals surface area contributed by atoms with Crippen LogP contribution in [0, 0.1) is 5.41 Å². The Labute approximate surface area is 147 Å². The number of hydrogen-bond acceptors (Lipinski definition) is 6. The van der Waals surface area contributed by atoms with Gasteiger partial charge >= 0.3 is 0 Å². The third-order valence-electron chi connectivity index (χ3n) is 5.42. The van der Waals surface area contributed by atoms with Gasteiger partial charge in [0.25, 0.3) is 0 Å². The number of piperidine rings is 1. The van der Waals surface area contributed by atoms with Crippen molar-refractivity contribution in [3.05, 3.63) is 30.7 Å². The SMILES string of the molecule is O=S(=O)(c1cccc(-c2nnco2)c1)N1CCC2(CCOCC2)CC1. The van der Waals surface area contributed by atoms with Crippen LogP contribution in [0.1, 0.15) is 25.7 Å². The molecule has 1 aromatic heterocycles. The molecule has 2 saturated heterocycles. The minimum Gasteiger partial charge on any atom is -0.423 e. The molecule has 2 aliphatic rings. The van der Waals surface area contributed by atoms with Crippen molar-refractivity contribution in [3.63, 3.8) is 0 Å². The number of aromatic nitrogens is 2. The van der Waals surface area contributed by atoms with Gasteiger partial charge in [0, 0.05) is 31.9 Å². The molecule has 2 fully saturated rings. The van der Waals surface area contributed by atoms with Crippen LogP contribution < -0.4 is 0 Å². The molecular formula is C17H21N3O4S. The van der Waals surface area contributed by atoms with Gasteiger partial charge in [-0.15, -0.1) is 10.2 Å². The Hall–Kier alpha value is -1.77. The van der Waals surface area contributed by atoms with Crippen molar-refractivity contribution in [1.82, 2.24) is 14.5 Å². The molecule has 134 valence electrons. The van der Waals surface area contributed by atoms with Gasteiger partial charge in [0.05, 0.1) is 4.90 Å². The smallest absolute Gasteiger partial charge is 0.247 e. The van der Waals surface area contributed by atoms with Gasteiger partial charge < -0.3 is 9.15 Å². The maximum absolute atomic E-state index is 13.0. The Balaban J connectivity index is 1.53. The lowest BCUT2D eigenvalue weighted by Gasteiger charge is -2.43. The van der Waals surface area contributed by atoms with E-state index >= 15 is 0 Å². The molecule has 4 rings (SSSR count). The van der Waals surface area contributed by atoms with Gasteiger partial charge in [-0.1, -0.05) is 6.07 Å². The van der Waals surface area contributed by atoms with Crippen LogP contribution in [0.5, 0.6) is 0 Å². The number of hydrogen-bond donors (Lipinski definition) is 0. The van der Waals surface area contributed by atoms with E-state index in [1.165, 1.54) is 6.39 Å². The van der Waals surface area contributed by atoms with Crippen molar-refractivity contribution in [2.24, 2.45) is 5.41 Å². The summed E-state index contributed by atoms with van der Waals surface area (Å²) < 4.78 is 38.3. The summed E-state index contributed by atoms with van der Waals surface area (Å²) in [6.07, 6.45) is 5.10. The Morgan fingerprint density at radius 1 is 1.08 bits per heavy atom. The predicted molar refractivity (Wildman–Crippen MR) is 90.2 cm³/mol. The zero-order valence-corrected chi connectivity index (χ0v) is 14.7. The monoisotopic (exact) mass is 363 g/mol. The molecule has 2 aliphatic heterocycles. The lowest BCUT2D eigenvalue weighted by atomic mass is 9.73. The fourth-order valence-electron chi connectivity index (χ4n) is 3.74. The van der Waals surface area contributed by atoms with Crippen molar-refractivity contribution >= 4 is 10.0 Å². The third-order valence-corrected chi connectivity index (χ3v) is 7.31. The molecule has 0 saturated carbocycles. The largest absolute Gasteiger partial charge is 0.423 e. The molecule has 0 atom stereocenters. The lowest BCUT2D eigenvalue weighted by molar-refractivity contribution is -0.00999. The highest BCUT2D eigenvalue weighted by molar-refractivity contribution is 7.89. The second kappa shape index (κ2) is 6.51. The average Bonchev–Trinajstić information content (AvgIpc) is 3.18. The second-order valence-electron chi connectivity index (χ2n) is 6.79. The minimum absolute atomic E-state index is 0.260. The van der Waals surface area contributed by atoms with Gasteiger partial charge in [0.2, 0.25) is 22.3 Å². The van der Waals surface area contributed by atoms with Gasteiger partial charge in [-0.25, -0.2) is 8.42 Å². The van der Waals surface area contributed by atoms with Crippen molar-refractivity contribution in [2.75, 3.05) is 26.3 Å². The van der Waals surface area contributed by atoms with E-state index < -0.39 is 10.0 Å². The maximum Gasteiger partial charge on any atom is 0.247 e. The standard InChI is InChI=1S/C17H21N3O4S/c21-25(22,15-3-1-2-14(12-15)16-19-18-13-24-16)20-8-4-17(5-9-20)6-10-23-11-7-17/h1-3,12-13H,4-11H2. The summed E-state index contributed by atoms with van der Waals surface area (Å²) in [6.45, 7) is 2.71. The van der Waals surface area contributed by atoms with E-state index in [0.29, 0.717) is 24.5 Å². The fraction of sp³-hybridized carbons (Fsp3) is 0.529. The predicted octanol–water partition coefficient (Wildman–Crippen LogP) is 2.32. The van der Waals surface area contributed by atoms with Crippen LogP contribution in [0.25, 0.3) is 11.5 Å². The highest BCUT2D eigenvalue weighted by Crippen LogP contribution is 2.41. The molecule has 7 nitrogen and oxygen atoms in total. The van der Waals surface area contributed by atoms with E-state index in [-0.39, 0.29) is 10.3 Å². The lowest BCUT2D eigenvalue weighted by Crippen LogP contribution is -2.45. The molecule has 1 aromatic carbocycles. The summed E-state index contributed by atoms with van der Waals surface area (Å²) in [5.74, 6) is 0.317. The molecule has 0 bridgehead atoms. The molecule has 3 heterocycles. The number of nitrogens with zero attached hydrogens (tertiary/aromatic N) is 3. The van der Waals surface area contributed by atoms with Crippen molar-refractivity contribution in [1.29, 1.82) is 0 Å². The summed E-state index contributed by atoms with van der Waals surface area (Å²) in [4.78, 5) is 0.270. The summed E-state index contributed by atoms with van der Waals surface area (Å²) >= 11 is 0. The van der Waals surface area contributed by atoms with Crippen LogP contribution >= 0.6 is 0 Å². The van der Waals surface area contributed by atoms with Gasteiger partial charge in [-0.2, -0.15) is 4.31 Å². The Kier molecular flexibility index (Phi) is 4.35. The molecular weight excluding hydrogens is 342 g/mol. The third kappa shape index (κ3) is 3.21. The van der Waals surface area contributed by atoms with E-state index in [1.54, 1.807) is 28.6 Å². The van der Waals surface area contributed by atoms with Gasteiger partial charge in [0.15, 0.2) is 0 Å². The van der Waals surface area contributed by atoms with Gasteiger partial charge in [0.1, 0.15) is 0 Å². The maximum atomic E-state index is 13.0. The Morgan fingerprint density at radius 2 is 1.84 bits per heavy atom. The van der Waals surface area contributed by atoms with Gasteiger partial charge in [-0.05, 0) is 49.3 Å². The average molecular weight is 363 g/mol. The van der Waals surface area contributed by atoms with Crippen LogP contribution in [-0.2, 0) is 14.8 Å². The first-order valence-corrected chi connectivity index (χ1v) is 9.98. The number of rotatable bonds is 3. The highest BCUT2D eigenvalue weighted by Gasteiger charge is 2.39. The topological polar surface area (TPSA) is 85.5 Å². The van der Waals surface area contributed by atoms with Crippen LogP contribution in [0.4, 0.5) is 0 Å². The summed E-state index contributed by atoms with van der Waals surface area (Å²) in [5, 5.41) is 7.48. The van der Waals surface area contributed by atoms with Crippen molar-refractivity contribution < 1.29 is 17.6 Å². The zero-order chi connectivity index (χ0) is 17.3. The van der Waals surface area contributed by atoms with Crippen molar-refractivity contribution in [3.8, 4) is 11.5 Å². The zero-order valence-electron chi connectivity index (χ0n) is 13.9. The quantitative estimate of drug-likeness (QED) is 0.832. The summed E-state index contributed by atoms with van der Waals surface area (Å²) in [7, 11) is -3.52. The molecule has 0 N–H and O–H groups in total. The fourth-order valence-corrected chi connectivity index (χ4v) is 5.23. The molecule has 8 heteroatoms. The van der Waals surface area contributed by atoms with Crippen LogP contribution in [0.3, 0.4) is 0 Å². The van der Waals surface area contributed by atoms with E-state index in [2.05, 4.69) is 10.2 Å². The first kappa shape index (κ1) is 16.7. The first-order valence-electron chi connectivity index (χ1n) is 8.54. The molecule has 0 radical (unpaired) electrons. The highest BCUT2D eigenvalue weighted by atomic mass is 32.2. The summed E-state index contributed by atoms with van der Waals surface area (Å²) in [5.41, 5.74) is 0.868. The second-order valence-corrected chi connectivity index (χ2v) is 8.73. The van der Waals surface area contributed by atoms with E-state index in [0.717, 1.165) is 38.9 Å². The van der Waals surface area contributed by atoms with E-state index in [9.17, 15) is 8.42 Å². The molecule has 2 aromatic rings. The molecule has 0 amide bonds. The normalized spacial score (nSPS) is 21.4. The van der Waals surface area contributed by atoms with Crippen LogP contribution in [0.15, 0.2) is 40.0 Å². The molecule has 0 aliphatic carbocycles. The number of ether oxygens (including phenoxy) is 1. The summed E-state index contributed by atoms with van der Waals surface area (Å²) in [6, 6.07) is 6.69.